The van der Waals surface area contributed by atoms with Gasteiger partial charge in [-0.15, -0.1) is 0 Å². The van der Waals surface area contributed by atoms with Gasteiger partial charge in [-0.3, -0.25) is 13.8 Å². The minimum Gasteiger partial charge on any atom is -0.373 e. The summed E-state index contributed by atoms with van der Waals surface area (Å²) in [6.07, 6.45) is 1.96. The number of hydrogen-bond acceptors (Lipinski definition) is 6. The van der Waals surface area contributed by atoms with Crippen LogP contribution in [0.25, 0.3) is 0 Å². The number of phosphoric ester groups is 2. The maximum atomic E-state index is 12.1. The van der Waals surface area contributed by atoms with E-state index in [1.54, 1.807) is 6.92 Å². The molecular formula is C23H43N2O10P2+. The summed E-state index contributed by atoms with van der Waals surface area (Å²) in [6, 6.07) is 8.38. The van der Waals surface area contributed by atoms with Gasteiger partial charge in [-0.2, -0.15) is 0 Å². The number of phosphoric acid groups is 2. The molecular weight excluding hydrogens is 526 g/mol. The van der Waals surface area contributed by atoms with Crippen LogP contribution in [0.15, 0.2) is 24.3 Å². The maximum absolute atomic E-state index is 12.1. The average molecular weight is 570 g/mol. The average Bonchev–Trinajstić information content (AvgIpc) is 2.78. The Labute approximate surface area is 219 Å². The molecule has 0 radical (unpaired) electrons. The second kappa shape index (κ2) is 16.1. The molecule has 214 valence electrons. The summed E-state index contributed by atoms with van der Waals surface area (Å²) in [4.78, 5) is 49.2. The Morgan fingerprint density at radius 2 is 1.43 bits per heavy atom. The van der Waals surface area contributed by atoms with Crippen LogP contribution >= 0.6 is 15.6 Å². The Bertz CT molecular complexity index is 875. The molecule has 4 N–H and O–H groups in total. The number of benzene rings is 1. The molecule has 1 amide bonds. The third kappa shape index (κ3) is 17.1. The summed E-state index contributed by atoms with van der Waals surface area (Å²) in [7, 11) is -5.13. The number of carbonyl (C=O) groups is 1. The van der Waals surface area contributed by atoms with E-state index in [4.69, 9.17) is 24.3 Å². The maximum Gasteiger partial charge on any atom is 0.469 e. The SMILES string of the molecule is CC[N+](C)(C)Cc1ccc(CN(CCCCCCOC(COP(=O)(O)O)COP(=O)(O)O)C(C)=O)cc1. The Balaban J connectivity index is 2.40. The molecule has 1 rings (SSSR count). The number of ether oxygens (including phenoxy) is 1. The molecule has 0 spiro atoms. The molecule has 0 aliphatic carbocycles. The third-order valence-electron chi connectivity index (χ3n) is 5.84. The van der Waals surface area contributed by atoms with Gasteiger partial charge in [-0.1, -0.05) is 37.1 Å². The fourth-order valence-corrected chi connectivity index (χ4v) is 4.16. The smallest absolute Gasteiger partial charge is 0.373 e. The lowest BCUT2D eigenvalue weighted by Crippen LogP contribution is -2.38. The van der Waals surface area contributed by atoms with Gasteiger partial charge in [0.05, 0.1) is 33.9 Å². The second-order valence-electron chi connectivity index (χ2n) is 9.65. The van der Waals surface area contributed by atoms with E-state index in [1.165, 1.54) is 5.56 Å². The van der Waals surface area contributed by atoms with Gasteiger partial charge < -0.3 is 33.7 Å². The highest BCUT2D eigenvalue weighted by molar-refractivity contribution is 7.46. The fraction of sp³-hybridized carbons (Fsp3) is 0.696. The van der Waals surface area contributed by atoms with E-state index in [0.29, 0.717) is 19.5 Å². The van der Waals surface area contributed by atoms with Gasteiger partial charge in [0.2, 0.25) is 5.91 Å². The van der Waals surface area contributed by atoms with Crippen molar-refractivity contribution in [1.29, 1.82) is 0 Å². The third-order valence-corrected chi connectivity index (χ3v) is 6.81. The van der Waals surface area contributed by atoms with Crippen molar-refractivity contribution in [3.63, 3.8) is 0 Å². The highest BCUT2D eigenvalue weighted by Gasteiger charge is 2.23. The van der Waals surface area contributed by atoms with E-state index in [1.807, 2.05) is 4.90 Å². The second-order valence-corrected chi connectivity index (χ2v) is 12.1. The van der Waals surface area contributed by atoms with Crippen LogP contribution in [-0.2, 0) is 40.8 Å². The van der Waals surface area contributed by atoms with Crippen LogP contribution in [0.4, 0.5) is 0 Å². The summed E-state index contributed by atoms with van der Waals surface area (Å²) in [5.41, 5.74) is 2.34. The first kappa shape index (κ1) is 33.9. The summed E-state index contributed by atoms with van der Waals surface area (Å²) < 4.78 is 36.8. The quantitative estimate of drug-likeness (QED) is 0.111. The molecule has 1 aromatic rings. The zero-order valence-electron chi connectivity index (χ0n) is 22.2. The molecule has 0 fully saturated rings. The first-order chi connectivity index (χ1) is 17.1. The lowest BCUT2D eigenvalue weighted by molar-refractivity contribution is -0.901. The van der Waals surface area contributed by atoms with Gasteiger partial charge >= 0.3 is 15.6 Å². The predicted octanol–water partition coefficient (Wildman–Crippen LogP) is 2.80. The van der Waals surface area contributed by atoms with Gasteiger partial charge in [-0.05, 0) is 25.3 Å². The lowest BCUT2D eigenvalue weighted by atomic mass is 10.1. The standard InChI is InChI=1S/C23H42N2O10P2/c1-5-25(3,4)17-22-12-10-21(11-13-22)16-24(20(2)26)14-8-6-7-9-15-33-23(18-34-36(27,28)29)19-35-37(30,31)32/h10-13,23H,5-9,14-19H2,1-4H3,(H3-,27,28,29,30,31,32)/p+1. The van der Waals surface area contributed by atoms with Gasteiger partial charge in [-0.25, -0.2) is 9.13 Å². The predicted molar refractivity (Wildman–Crippen MR) is 138 cm³/mol. The van der Waals surface area contributed by atoms with Crippen molar-refractivity contribution >= 4 is 21.6 Å². The van der Waals surface area contributed by atoms with Crippen LogP contribution < -0.4 is 0 Å². The number of quaternary nitrogens is 1. The van der Waals surface area contributed by atoms with Crippen LogP contribution in [0.2, 0.25) is 0 Å². The molecule has 0 atom stereocenters. The van der Waals surface area contributed by atoms with Gasteiger partial charge in [0.15, 0.2) is 0 Å². The molecule has 14 heteroatoms. The van der Waals surface area contributed by atoms with Crippen molar-refractivity contribution in [1.82, 2.24) is 4.90 Å². The summed E-state index contributed by atoms with van der Waals surface area (Å²) in [5, 5.41) is 0. The topological polar surface area (TPSA) is 163 Å². The van der Waals surface area contributed by atoms with Crippen molar-refractivity contribution < 1.29 is 51.8 Å². The molecule has 0 heterocycles. The number of nitrogens with zero attached hydrogens (tertiary/aromatic N) is 2. The molecule has 1 aromatic carbocycles. The number of carbonyl (C=O) groups excluding carboxylic acids is 1. The lowest BCUT2D eigenvalue weighted by Gasteiger charge is -2.28. The molecule has 0 unspecified atom stereocenters. The molecule has 0 aliphatic heterocycles. The van der Waals surface area contributed by atoms with Crippen LogP contribution in [0.3, 0.4) is 0 Å². The molecule has 12 nitrogen and oxygen atoms in total. The van der Waals surface area contributed by atoms with Gasteiger partial charge in [0, 0.05) is 32.2 Å². The Morgan fingerprint density at radius 3 is 1.92 bits per heavy atom. The molecule has 0 bridgehead atoms. The molecule has 37 heavy (non-hydrogen) atoms. The zero-order valence-corrected chi connectivity index (χ0v) is 24.0. The molecule has 0 aromatic heterocycles. The Morgan fingerprint density at radius 1 is 0.919 bits per heavy atom. The normalized spacial score (nSPS) is 12.8. The van der Waals surface area contributed by atoms with Crippen molar-refractivity contribution in [3.05, 3.63) is 35.4 Å². The summed E-state index contributed by atoms with van der Waals surface area (Å²) in [5.74, 6) is 0.00847. The van der Waals surface area contributed by atoms with Gasteiger partial charge in [0.1, 0.15) is 12.6 Å². The largest absolute Gasteiger partial charge is 0.469 e. The van der Waals surface area contributed by atoms with E-state index in [0.717, 1.165) is 42.4 Å². The minimum absolute atomic E-state index is 0.00847. The van der Waals surface area contributed by atoms with Crippen LogP contribution in [-0.4, -0.2) is 88.0 Å². The van der Waals surface area contributed by atoms with E-state index in [-0.39, 0.29) is 12.5 Å². The molecule has 0 saturated heterocycles. The number of amides is 1. The van der Waals surface area contributed by atoms with Crippen molar-refractivity contribution in [2.24, 2.45) is 0 Å². The Kier molecular flexibility index (Phi) is 14.7. The minimum atomic E-state index is -4.76. The highest BCUT2D eigenvalue weighted by Crippen LogP contribution is 2.38. The Hall–Kier alpha value is -1.17. The van der Waals surface area contributed by atoms with E-state index >= 15 is 0 Å². The zero-order chi connectivity index (χ0) is 28.1. The van der Waals surface area contributed by atoms with Crippen molar-refractivity contribution in [3.8, 4) is 0 Å². The van der Waals surface area contributed by atoms with E-state index < -0.39 is 35.0 Å². The number of unbranched alkanes of at least 4 members (excludes halogenated alkanes) is 3. The summed E-state index contributed by atoms with van der Waals surface area (Å²) >= 11 is 0. The fourth-order valence-electron chi connectivity index (χ4n) is 3.44. The van der Waals surface area contributed by atoms with E-state index in [9.17, 15) is 13.9 Å². The van der Waals surface area contributed by atoms with Crippen molar-refractivity contribution in [2.75, 3.05) is 47.0 Å². The highest BCUT2D eigenvalue weighted by atomic mass is 31.2. The first-order valence-corrected chi connectivity index (χ1v) is 15.3. The number of rotatable bonds is 19. The monoisotopic (exact) mass is 569 g/mol. The van der Waals surface area contributed by atoms with Crippen LogP contribution in [0.1, 0.15) is 50.7 Å². The molecule has 0 aliphatic rings. The van der Waals surface area contributed by atoms with Crippen LogP contribution in [0.5, 0.6) is 0 Å². The van der Waals surface area contributed by atoms with E-state index in [2.05, 4.69) is 54.3 Å². The number of hydrogen-bond donors (Lipinski definition) is 4. The van der Waals surface area contributed by atoms with Crippen LogP contribution in [0, 0.1) is 0 Å². The van der Waals surface area contributed by atoms with Crippen molar-refractivity contribution in [2.45, 2.75) is 58.7 Å². The summed E-state index contributed by atoms with van der Waals surface area (Å²) in [6.45, 7) is 5.92. The van der Waals surface area contributed by atoms with Gasteiger partial charge in [0.25, 0.3) is 0 Å². The molecule has 0 saturated carbocycles. The first-order valence-electron chi connectivity index (χ1n) is 12.3.